The number of nitrogens with zero attached hydrogens (tertiary/aromatic N) is 4. The molecule has 1 aromatic carbocycles. The number of aromatic nitrogens is 2. The highest BCUT2D eigenvalue weighted by atomic mass is 32.1. The largest absolute Gasteiger partial charge is 0.462 e. The predicted molar refractivity (Wildman–Crippen MR) is 117 cm³/mol. The Hall–Kier alpha value is -2.51. The van der Waals surface area contributed by atoms with Gasteiger partial charge in [-0.2, -0.15) is 0 Å². The third kappa shape index (κ3) is 4.26. The molecule has 0 unspecified atom stereocenters. The molecule has 0 spiro atoms. The molecule has 0 N–H and O–H groups in total. The lowest BCUT2D eigenvalue weighted by Gasteiger charge is -2.23. The number of hydrogen-bond donors (Lipinski definition) is 0. The van der Waals surface area contributed by atoms with Gasteiger partial charge in [-0.25, -0.2) is 14.8 Å². The van der Waals surface area contributed by atoms with Crippen molar-refractivity contribution in [2.75, 3.05) is 37.7 Å². The Bertz CT molecular complexity index is 989. The summed E-state index contributed by atoms with van der Waals surface area (Å²) in [5.74, 6) is 0.657. The molecule has 152 valence electrons. The molecule has 1 fully saturated rings. The standard InChI is InChI=1S/C22H26N4O2S/c1-3-28-22(27)19-16(2)18-20(23-15-24-21(18)29-19)26-11-7-10-25(12-13-26)14-17-8-5-4-6-9-17/h4-6,8-9,15H,3,7,10-14H2,1-2H3. The molecule has 6 nitrogen and oxygen atoms in total. The summed E-state index contributed by atoms with van der Waals surface area (Å²) in [4.78, 5) is 27.7. The van der Waals surface area contributed by atoms with E-state index in [1.165, 1.54) is 16.9 Å². The van der Waals surface area contributed by atoms with Crippen molar-refractivity contribution < 1.29 is 9.53 Å². The third-order valence-electron chi connectivity index (χ3n) is 5.30. The molecule has 7 heteroatoms. The quantitative estimate of drug-likeness (QED) is 0.595. The number of thiophene rings is 1. The van der Waals surface area contributed by atoms with Gasteiger partial charge in [0.15, 0.2) is 0 Å². The average molecular weight is 411 g/mol. The highest BCUT2D eigenvalue weighted by Gasteiger charge is 2.24. The number of carbonyl (C=O) groups excluding carboxylic acids is 1. The molecule has 0 aliphatic carbocycles. The lowest BCUT2D eigenvalue weighted by atomic mass is 10.2. The molecular weight excluding hydrogens is 384 g/mol. The van der Waals surface area contributed by atoms with Crippen molar-refractivity contribution in [3.63, 3.8) is 0 Å². The number of hydrogen-bond acceptors (Lipinski definition) is 7. The van der Waals surface area contributed by atoms with Gasteiger partial charge < -0.3 is 9.64 Å². The fraction of sp³-hybridized carbons (Fsp3) is 0.409. The summed E-state index contributed by atoms with van der Waals surface area (Å²) in [6.45, 7) is 9.03. The van der Waals surface area contributed by atoms with E-state index in [-0.39, 0.29) is 5.97 Å². The van der Waals surface area contributed by atoms with Gasteiger partial charge in [0, 0.05) is 32.7 Å². The van der Waals surface area contributed by atoms with Crippen LogP contribution >= 0.6 is 11.3 Å². The summed E-state index contributed by atoms with van der Waals surface area (Å²) < 4.78 is 5.22. The number of aryl methyl sites for hydroxylation is 1. The van der Waals surface area contributed by atoms with Gasteiger partial charge in [0.25, 0.3) is 0 Å². The number of esters is 1. The van der Waals surface area contributed by atoms with Crippen molar-refractivity contribution in [3.05, 3.63) is 52.7 Å². The molecule has 1 saturated heterocycles. The highest BCUT2D eigenvalue weighted by molar-refractivity contribution is 7.20. The molecule has 0 radical (unpaired) electrons. The van der Waals surface area contributed by atoms with Gasteiger partial charge in [-0.1, -0.05) is 30.3 Å². The number of anilines is 1. The monoisotopic (exact) mass is 410 g/mol. The van der Waals surface area contributed by atoms with Crippen LogP contribution in [-0.2, 0) is 11.3 Å². The average Bonchev–Trinajstić information content (AvgIpc) is 2.92. The van der Waals surface area contributed by atoms with Crippen LogP contribution < -0.4 is 4.90 Å². The summed E-state index contributed by atoms with van der Waals surface area (Å²) in [5, 5.41) is 0.983. The molecule has 4 rings (SSSR count). The Morgan fingerprint density at radius 2 is 1.97 bits per heavy atom. The fourth-order valence-electron chi connectivity index (χ4n) is 3.87. The first kappa shape index (κ1) is 19.8. The zero-order chi connectivity index (χ0) is 20.2. The first-order chi connectivity index (χ1) is 14.2. The van der Waals surface area contributed by atoms with Gasteiger partial charge in [-0.3, -0.25) is 4.90 Å². The predicted octanol–water partition coefficient (Wildman–Crippen LogP) is 3.89. The van der Waals surface area contributed by atoms with E-state index in [1.54, 1.807) is 6.33 Å². The summed E-state index contributed by atoms with van der Waals surface area (Å²) in [6, 6.07) is 10.6. The maximum Gasteiger partial charge on any atom is 0.348 e. The number of rotatable bonds is 5. The topological polar surface area (TPSA) is 58.6 Å². The van der Waals surface area contributed by atoms with Crippen LogP contribution in [0, 0.1) is 6.92 Å². The van der Waals surface area contributed by atoms with Gasteiger partial charge in [0.1, 0.15) is 21.9 Å². The van der Waals surface area contributed by atoms with Crippen molar-refractivity contribution in [1.29, 1.82) is 0 Å². The smallest absolute Gasteiger partial charge is 0.348 e. The van der Waals surface area contributed by atoms with Crippen molar-refractivity contribution in [3.8, 4) is 0 Å². The van der Waals surface area contributed by atoms with Gasteiger partial charge >= 0.3 is 5.97 Å². The molecule has 29 heavy (non-hydrogen) atoms. The summed E-state index contributed by atoms with van der Waals surface area (Å²) >= 11 is 1.39. The molecule has 0 saturated carbocycles. The minimum absolute atomic E-state index is 0.274. The second-order valence-electron chi connectivity index (χ2n) is 7.26. The second kappa shape index (κ2) is 8.88. The highest BCUT2D eigenvalue weighted by Crippen LogP contribution is 2.35. The Morgan fingerprint density at radius 1 is 1.14 bits per heavy atom. The van der Waals surface area contributed by atoms with E-state index < -0.39 is 0 Å². The van der Waals surface area contributed by atoms with E-state index in [9.17, 15) is 4.79 Å². The van der Waals surface area contributed by atoms with E-state index in [2.05, 4.69) is 50.1 Å². The van der Waals surface area contributed by atoms with E-state index in [0.29, 0.717) is 11.5 Å². The van der Waals surface area contributed by atoms with Crippen LogP contribution in [0.15, 0.2) is 36.7 Å². The van der Waals surface area contributed by atoms with Crippen molar-refractivity contribution in [2.24, 2.45) is 0 Å². The van der Waals surface area contributed by atoms with Crippen LogP contribution in [0.1, 0.15) is 34.1 Å². The van der Waals surface area contributed by atoms with E-state index in [0.717, 1.165) is 60.7 Å². The SMILES string of the molecule is CCOC(=O)c1sc2ncnc(N3CCCN(Cc4ccccc4)CC3)c2c1C. The Morgan fingerprint density at radius 3 is 2.76 bits per heavy atom. The summed E-state index contributed by atoms with van der Waals surface area (Å²) in [7, 11) is 0. The Labute approximate surface area is 175 Å². The maximum atomic E-state index is 12.3. The zero-order valence-electron chi connectivity index (χ0n) is 16.9. The second-order valence-corrected chi connectivity index (χ2v) is 8.26. The fourth-order valence-corrected chi connectivity index (χ4v) is 4.90. The first-order valence-electron chi connectivity index (χ1n) is 10.1. The van der Waals surface area contributed by atoms with E-state index in [1.807, 2.05) is 13.8 Å². The molecule has 0 amide bonds. The van der Waals surface area contributed by atoms with Crippen LogP contribution in [0.5, 0.6) is 0 Å². The van der Waals surface area contributed by atoms with Gasteiger partial charge in [-0.15, -0.1) is 11.3 Å². The molecular formula is C22H26N4O2S. The van der Waals surface area contributed by atoms with E-state index >= 15 is 0 Å². The third-order valence-corrected chi connectivity index (χ3v) is 6.48. The minimum atomic E-state index is -0.274. The Balaban J connectivity index is 1.56. The molecule has 3 aromatic rings. The number of benzene rings is 1. The van der Waals surface area contributed by atoms with Crippen molar-refractivity contribution >= 4 is 33.3 Å². The zero-order valence-corrected chi connectivity index (χ0v) is 17.7. The molecule has 3 heterocycles. The van der Waals surface area contributed by atoms with Gasteiger partial charge in [-0.05, 0) is 31.4 Å². The lowest BCUT2D eigenvalue weighted by molar-refractivity contribution is 0.0531. The van der Waals surface area contributed by atoms with Crippen LogP contribution in [0.3, 0.4) is 0 Å². The van der Waals surface area contributed by atoms with Crippen LogP contribution in [0.2, 0.25) is 0 Å². The van der Waals surface area contributed by atoms with Gasteiger partial charge in [0.05, 0.1) is 12.0 Å². The van der Waals surface area contributed by atoms with Crippen LogP contribution in [0.25, 0.3) is 10.2 Å². The van der Waals surface area contributed by atoms with Crippen molar-refractivity contribution in [2.45, 2.75) is 26.8 Å². The number of carbonyl (C=O) groups is 1. The van der Waals surface area contributed by atoms with Crippen LogP contribution in [-0.4, -0.2) is 53.6 Å². The molecule has 0 atom stereocenters. The van der Waals surface area contributed by atoms with Gasteiger partial charge in [0.2, 0.25) is 0 Å². The van der Waals surface area contributed by atoms with Crippen molar-refractivity contribution in [1.82, 2.24) is 14.9 Å². The first-order valence-corrected chi connectivity index (χ1v) is 10.9. The molecule has 0 bridgehead atoms. The summed E-state index contributed by atoms with van der Waals surface area (Å²) in [5.41, 5.74) is 2.27. The molecule has 1 aliphatic heterocycles. The van der Waals surface area contributed by atoms with Crippen LogP contribution in [0.4, 0.5) is 5.82 Å². The summed E-state index contributed by atoms with van der Waals surface area (Å²) in [6.07, 6.45) is 2.68. The molecule has 2 aromatic heterocycles. The number of fused-ring (bicyclic) bond motifs is 1. The minimum Gasteiger partial charge on any atom is -0.462 e. The normalized spacial score (nSPS) is 15.4. The number of ether oxygens (including phenoxy) is 1. The molecule has 1 aliphatic rings. The maximum absolute atomic E-state index is 12.3. The Kier molecular flexibility index (Phi) is 6.06. The van der Waals surface area contributed by atoms with E-state index in [4.69, 9.17) is 4.74 Å². The lowest BCUT2D eigenvalue weighted by Crippen LogP contribution is -2.31.